The van der Waals surface area contributed by atoms with E-state index in [0.717, 1.165) is 6.54 Å². The quantitative estimate of drug-likeness (QED) is 0.834. The Morgan fingerprint density at radius 3 is 2.71 bits per heavy atom. The zero-order valence-corrected chi connectivity index (χ0v) is 12.0. The van der Waals surface area contributed by atoms with Crippen LogP contribution in [0.2, 0.25) is 0 Å². The average Bonchev–Trinajstić information content (AvgIpc) is 3.18. The molecule has 1 aliphatic carbocycles. The molecular weight excluding hydrogens is 269 g/mol. The zero-order valence-electron chi connectivity index (χ0n) is 12.0. The highest BCUT2D eigenvalue weighted by Gasteiger charge is 2.27. The lowest BCUT2D eigenvalue weighted by atomic mass is 10.1. The molecule has 1 aliphatic rings. The first kappa shape index (κ1) is 13.9. The van der Waals surface area contributed by atoms with E-state index in [1.165, 1.54) is 18.9 Å². The minimum absolute atomic E-state index is 0.119. The normalized spacial score (nSPS) is 14.2. The maximum Gasteiger partial charge on any atom is 0.289 e. The van der Waals surface area contributed by atoms with Crippen molar-refractivity contribution in [1.29, 1.82) is 0 Å². The highest BCUT2D eigenvalue weighted by molar-refractivity contribution is 5.92. The van der Waals surface area contributed by atoms with Gasteiger partial charge in [0.25, 0.3) is 5.91 Å². The van der Waals surface area contributed by atoms with Crippen LogP contribution in [-0.4, -0.2) is 23.9 Å². The second-order valence-electron chi connectivity index (χ2n) is 5.43. The molecule has 3 rings (SSSR count). The molecule has 1 aromatic heterocycles. The molecule has 0 aliphatic heterocycles. The van der Waals surface area contributed by atoms with Crippen molar-refractivity contribution in [2.24, 2.45) is 5.92 Å². The Balaban J connectivity index is 1.80. The molecule has 0 spiro atoms. The molecule has 0 unspecified atom stereocenters. The lowest BCUT2D eigenvalue weighted by molar-refractivity contribution is 0.0726. The SMILES string of the molecule is CCN(CC1CC1)C(=O)c1ccc(-c2ccccc2F)o1. The smallest absolute Gasteiger partial charge is 0.289 e. The highest BCUT2D eigenvalue weighted by atomic mass is 19.1. The van der Waals surface area contributed by atoms with E-state index in [-0.39, 0.29) is 17.5 Å². The van der Waals surface area contributed by atoms with Crippen LogP contribution >= 0.6 is 0 Å². The van der Waals surface area contributed by atoms with Crippen molar-refractivity contribution in [2.75, 3.05) is 13.1 Å². The summed E-state index contributed by atoms with van der Waals surface area (Å²) in [6.07, 6.45) is 2.39. The van der Waals surface area contributed by atoms with E-state index in [4.69, 9.17) is 4.42 Å². The highest BCUT2D eigenvalue weighted by Crippen LogP contribution is 2.30. The van der Waals surface area contributed by atoms with Crippen LogP contribution < -0.4 is 0 Å². The van der Waals surface area contributed by atoms with Gasteiger partial charge >= 0.3 is 0 Å². The Kier molecular flexibility index (Phi) is 3.78. The third-order valence-electron chi connectivity index (χ3n) is 3.80. The molecule has 0 atom stereocenters. The van der Waals surface area contributed by atoms with Crippen LogP contribution in [-0.2, 0) is 0 Å². The molecule has 1 aromatic carbocycles. The van der Waals surface area contributed by atoms with Crippen molar-refractivity contribution < 1.29 is 13.6 Å². The van der Waals surface area contributed by atoms with Crippen molar-refractivity contribution in [2.45, 2.75) is 19.8 Å². The van der Waals surface area contributed by atoms with Crippen molar-refractivity contribution in [1.82, 2.24) is 4.90 Å². The fraction of sp³-hybridized carbons (Fsp3) is 0.353. The predicted molar refractivity (Wildman–Crippen MR) is 78.4 cm³/mol. The van der Waals surface area contributed by atoms with E-state index in [1.54, 1.807) is 35.2 Å². The predicted octanol–water partition coefficient (Wildman–Crippen LogP) is 3.96. The molecule has 21 heavy (non-hydrogen) atoms. The molecule has 2 aromatic rings. The van der Waals surface area contributed by atoms with E-state index in [9.17, 15) is 9.18 Å². The number of halogens is 1. The molecule has 0 radical (unpaired) electrons. The monoisotopic (exact) mass is 287 g/mol. The summed E-state index contributed by atoms with van der Waals surface area (Å²) in [5, 5.41) is 0. The van der Waals surface area contributed by atoms with Gasteiger partial charge in [-0.3, -0.25) is 4.79 Å². The molecule has 0 bridgehead atoms. The summed E-state index contributed by atoms with van der Waals surface area (Å²) < 4.78 is 19.3. The molecule has 1 fully saturated rings. The maximum absolute atomic E-state index is 13.7. The lowest BCUT2D eigenvalue weighted by Gasteiger charge is -2.19. The Morgan fingerprint density at radius 2 is 2.05 bits per heavy atom. The van der Waals surface area contributed by atoms with E-state index < -0.39 is 0 Å². The van der Waals surface area contributed by atoms with Gasteiger partial charge in [0, 0.05) is 13.1 Å². The molecular formula is C17H18FNO2. The van der Waals surface area contributed by atoms with Crippen molar-refractivity contribution in [3.8, 4) is 11.3 Å². The molecule has 4 heteroatoms. The Morgan fingerprint density at radius 1 is 1.29 bits per heavy atom. The third kappa shape index (κ3) is 2.99. The number of hydrogen-bond acceptors (Lipinski definition) is 2. The Bertz CT molecular complexity index is 646. The maximum atomic E-state index is 13.7. The van der Waals surface area contributed by atoms with Crippen LogP contribution in [0.4, 0.5) is 4.39 Å². The van der Waals surface area contributed by atoms with Crippen LogP contribution in [0.25, 0.3) is 11.3 Å². The molecule has 0 saturated heterocycles. The molecule has 1 amide bonds. The number of rotatable bonds is 5. The summed E-state index contributed by atoms with van der Waals surface area (Å²) in [6.45, 7) is 3.40. The first-order valence-electron chi connectivity index (χ1n) is 7.33. The second kappa shape index (κ2) is 5.72. The van der Waals surface area contributed by atoms with Gasteiger partial charge < -0.3 is 9.32 Å². The Hall–Kier alpha value is -2.10. The van der Waals surface area contributed by atoms with Crippen LogP contribution in [0.1, 0.15) is 30.3 Å². The zero-order chi connectivity index (χ0) is 14.8. The second-order valence-corrected chi connectivity index (χ2v) is 5.43. The topological polar surface area (TPSA) is 33.5 Å². The van der Waals surface area contributed by atoms with Gasteiger partial charge in [0.2, 0.25) is 0 Å². The number of carbonyl (C=O) groups excluding carboxylic acids is 1. The van der Waals surface area contributed by atoms with Gasteiger partial charge in [-0.05, 0) is 49.9 Å². The van der Waals surface area contributed by atoms with Crippen LogP contribution in [0.5, 0.6) is 0 Å². The molecule has 0 N–H and O–H groups in total. The summed E-state index contributed by atoms with van der Waals surface area (Å²) in [6, 6.07) is 9.67. The molecule has 1 heterocycles. The van der Waals surface area contributed by atoms with E-state index in [2.05, 4.69) is 0 Å². The number of benzene rings is 1. The van der Waals surface area contributed by atoms with Gasteiger partial charge in [-0.15, -0.1) is 0 Å². The van der Waals surface area contributed by atoms with Crippen molar-refractivity contribution >= 4 is 5.91 Å². The largest absolute Gasteiger partial charge is 0.451 e. The van der Waals surface area contributed by atoms with Crippen molar-refractivity contribution in [3.05, 3.63) is 48.0 Å². The van der Waals surface area contributed by atoms with Gasteiger partial charge in [0.05, 0.1) is 5.56 Å². The van der Waals surface area contributed by atoms with Gasteiger partial charge in [0.15, 0.2) is 5.76 Å². The average molecular weight is 287 g/mol. The summed E-state index contributed by atoms with van der Waals surface area (Å²) in [5.74, 6) is 0.827. The fourth-order valence-electron chi connectivity index (χ4n) is 2.38. The summed E-state index contributed by atoms with van der Waals surface area (Å²) >= 11 is 0. The summed E-state index contributed by atoms with van der Waals surface area (Å²) in [7, 11) is 0. The van der Waals surface area contributed by atoms with Gasteiger partial charge in [-0.25, -0.2) is 4.39 Å². The first-order chi connectivity index (χ1) is 10.2. The molecule has 110 valence electrons. The number of carbonyl (C=O) groups is 1. The van der Waals surface area contributed by atoms with Gasteiger partial charge in [-0.2, -0.15) is 0 Å². The molecule has 3 nitrogen and oxygen atoms in total. The fourth-order valence-corrected chi connectivity index (χ4v) is 2.38. The number of nitrogens with zero attached hydrogens (tertiary/aromatic N) is 1. The number of furan rings is 1. The summed E-state index contributed by atoms with van der Waals surface area (Å²) in [5.41, 5.74) is 0.377. The van der Waals surface area contributed by atoms with E-state index >= 15 is 0 Å². The number of amides is 1. The number of hydrogen-bond donors (Lipinski definition) is 0. The first-order valence-corrected chi connectivity index (χ1v) is 7.33. The third-order valence-corrected chi connectivity index (χ3v) is 3.80. The summed E-state index contributed by atoms with van der Waals surface area (Å²) in [4.78, 5) is 14.2. The molecule has 1 saturated carbocycles. The standard InChI is InChI=1S/C17H18FNO2/c1-2-19(11-12-7-8-12)17(20)16-10-9-15(21-16)13-5-3-4-6-14(13)18/h3-6,9-10,12H,2,7-8,11H2,1H3. The van der Waals surface area contributed by atoms with Crippen LogP contribution in [0.15, 0.2) is 40.8 Å². The van der Waals surface area contributed by atoms with E-state index in [1.807, 2.05) is 6.92 Å². The van der Waals surface area contributed by atoms with Gasteiger partial charge in [-0.1, -0.05) is 12.1 Å². The van der Waals surface area contributed by atoms with Crippen LogP contribution in [0.3, 0.4) is 0 Å². The van der Waals surface area contributed by atoms with E-state index in [0.29, 0.717) is 23.8 Å². The Labute approximate surface area is 123 Å². The lowest BCUT2D eigenvalue weighted by Crippen LogP contribution is -2.32. The minimum atomic E-state index is -0.351. The van der Waals surface area contributed by atoms with Crippen molar-refractivity contribution in [3.63, 3.8) is 0 Å². The van der Waals surface area contributed by atoms with Gasteiger partial charge in [0.1, 0.15) is 11.6 Å². The minimum Gasteiger partial charge on any atom is -0.451 e. The van der Waals surface area contributed by atoms with Crippen LogP contribution in [0, 0.1) is 11.7 Å².